The number of pyridine rings is 1. The summed E-state index contributed by atoms with van der Waals surface area (Å²) in [5, 5.41) is 6.65. The van der Waals surface area contributed by atoms with E-state index < -0.39 is 0 Å². The molecule has 1 atom stereocenters. The zero-order valence-corrected chi connectivity index (χ0v) is 17.3. The van der Waals surface area contributed by atoms with E-state index in [0.29, 0.717) is 42.8 Å². The summed E-state index contributed by atoms with van der Waals surface area (Å²) in [6.07, 6.45) is 1.62. The van der Waals surface area contributed by atoms with Gasteiger partial charge in [0, 0.05) is 38.4 Å². The Balaban J connectivity index is 1.41. The van der Waals surface area contributed by atoms with Gasteiger partial charge in [-0.1, -0.05) is 16.8 Å². The van der Waals surface area contributed by atoms with Crippen molar-refractivity contribution in [1.82, 2.24) is 15.0 Å². The van der Waals surface area contributed by atoms with Crippen LogP contribution in [-0.4, -0.2) is 64.0 Å². The standard InChI is InChI=1S/C18H22ClN5O3S/c1-12-9-15(22-27-12)21-18(26)13(2)28-11-17(25)24-7-5-23(6-8-24)16-4-3-14(19)10-20-16/h3-4,9-10,13H,5-8,11H2,1-2H3,(H,21,22,26). The summed E-state index contributed by atoms with van der Waals surface area (Å²) in [7, 11) is 0. The molecule has 3 rings (SSSR count). The molecule has 0 aliphatic carbocycles. The second-order valence-corrected chi connectivity index (χ2v) is 8.23. The highest BCUT2D eigenvalue weighted by Crippen LogP contribution is 2.18. The van der Waals surface area contributed by atoms with Gasteiger partial charge in [0.05, 0.1) is 16.0 Å². The van der Waals surface area contributed by atoms with Crippen molar-refractivity contribution in [3.05, 3.63) is 35.2 Å². The number of hydrogen-bond donors (Lipinski definition) is 1. The van der Waals surface area contributed by atoms with Crippen LogP contribution in [0.1, 0.15) is 12.7 Å². The van der Waals surface area contributed by atoms with Gasteiger partial charge in [0.1, 0.15) is 11.6 Å². The SMILES string of the molecule is Cc1cc(NC(=O)C(C)SCC(=O)N2CCN(c3ccc(Cl)cn3)CC2)no1. The van der Waals surface area contributed by atoms with E-state index in [9.17, 15) is 9.59 Å². The number of nitrogens with one attached hydrogen (secondary N) is 1. The molecule has 150 valence electrons. The van der Waals surface area contributed by atoms with E-state index in [4.69, 9.17) is 16.1 Å². The lowest BCUT2D eigenvalue weighted by Gasteiger charge is -2.35. The van der Waals surface area contributed by atoms with Crippen LogP contribution < -0.4 is 10.2 Å². The zero-order chi connectivity index (χ0) is 20.1. The average Bonchev–Trinajstić information content (AvgIpc) is 3.11. The lowest BCUT2D eigenvalue weighted by atomic mass is 10.3. The van der Waals surface area contributed by atoms with Crippen molar-refractivity contribution < 1.29 is 14.1 Å². The highest BCUT2D eigenvalue weighted by Gasteiger charge is 2.23. The molecule has 10 heteroatoms. The molecule has 1 N–H and O–H groups in total. The summed E-state index contributed by atoms with van der Waals surface area (Å²) >= 11 is 7.18. The first-order valence-corrected chi connectivity index (χ1v) is 10.3. The fourth-order valence-corrected chi connectivity index (χ4v) is 3.65. The minimum atomic E-state index is -0.375. The molecule has 0 aromatic carbocycles. The van der Waals surface area contributed by atoms with Gasteiger partial charge in [0.25, 0.3) is 0 Å². The van der Waals surface area contributed by atoms with E-state index >= 15 is 0 Å². The number of hydrogen-bond acceptors (Lipinski definition) is 7. The normalized spacial score (nSPS) is 15.4. The molecule has 0 spiro atoms. The maximum absolute atomic E-state index is 12.5. The van der Waals surface area contributed by atoms with Crippen LogP contribution in [-0.2, 0) is 9.59 Å². The maximum Gasteiger partial charge on any atom is 0.238 e. The van der Waals surface area contributed by atoms with Gasteiger partial charge in [0.2, 0.25) is 11.8 Å². The second-order valence-electron chi connectivity index (χ2n) is 6.47. The minimum Gasteiger partial charge on any atom is -0.360 e. The van der Waals surface area contributed by atoms with Gasteiger partial charge in [-0.25, -0.2) is 4.98 Å². The van der Waals surface area contributed by atoms with Crippen LogP contribution in [0.15, 0.2) is 28.9 Å². The Morgan fingerprint density at radius 1 is 1.32 bits per heavy atom. The quantitative estimate of drug-likeness (QED) is 0.762. The molecule has 1 aliphatic heterocycles. The number of thioether (sulfide) groups is 1. The summed E-state index contributed by atoms with van der Waals surface area (Å²) in [6.45, 7) is 6.21. The summed E-state index contributed by atoms with van der Waals surface area (Å²) in [5.41, 5.74) is 0. The van der Waals surface area contributed by atoms with Crippen LogP contribution in [0.5, 0.6) is 0 Å². The molecular formula is C18H22ClN5O3S. The number of halogens is 1. The number of nitrogens with zero attached hydrogens (tertiary/aromatic N) is 4. The highest BCUT2D eigenvalue weighted by molar-refractivity contribution is 8.01. The van der Waals surface area contributed by atoms with Gasteiger partial charge in [0.15, 0.2) is 5.82 Å². The Morgan fingerprint density at radius 2 is 2.07 bits per heavy atom. The zero-order valence-electron chi connectivity index (χ0n) is 15.7. The van der Waals surface area contributed by atoms with Crippen LogP contribution in [0.2, 0.25) is 5.02 Å². The van der Waals surface area contributed by atoms with E-state index in [1.165, 1.54) is 11.8 Å². The Hall–Kier alpha value is -2.26. The molecule has 2 amide bonds. The fraction of sp³-hybridized carbons (Fsp3) is 0.444. The predicted molar refractivity (Wildman–Crippen MR) is 110 cm³/mol. The molecule has 2 aromatic rings. The maximum atomic E-state index is 12.5. The lowest BCUT2D eigenvalue weighted by molar-refractivity contribution is -0.128. The van der Waals surface area contributed by atoms with Crippen molar-refractivity contribution in [1.29, 1.82) is 0 Å². The Bertz CT molecular complexity index is 821. The highest BCUT2D eigenvalue weighted by atomic mass is 35.5. The van der Waals surface area contributed by atoms with Crippen molar-refractivity contribution in [2.45, 2.75) is 19.1 Å². The molecular weight excluding hydrogens is 402 g/mol. The second kappa shape index (κ2) is 9.29. The smallest absolute Gasteiger partial charge is 0.238 e. The largest absolute Gasteiger partial charge is 0.360 e. The number of aryl methyl sites for hydroxylation is 1. The number of amides is 2. The third kappa shape index (κ3) is 5.39. The number of rotatable bonds is 6. The monoisotopic (exact) mass is 423 g/mol. The number of anilines is 2. The molecule has 1 fully saturated rings. The Morgan fingerprint density at radius 3 is 2.68 bits per heavy atom. The summed E-state index contributed by atoms with van der Waals surface area (Å²) in [4.78, 5) is 32.9. The van der Waals surface area contributed by atoms with E-state index in [2.05, 4.69) is 20.4 Å². The van der Waals surface area contributed by atoms with Crippen LogP contribution in [0.25, 0.3) is 0 Å². The molecule has 0 bridgehead atoms. The number of piperazine rings is 1. The molecule has 28 heavy (non-hydrogen) atoms. The van der Waals surface area contributed by atoms with Gasteiger partial charge < -0.3 is 19.6 Å². The summed E-state index contributed by atoms with van der Waals surface area (Å²) in [6, 6.07) is 5.34. The first kappa shape index (κ1) is 20.5. The first-order valence-electron chi connectivity index (χ1n) is 8.92. The topological polar surface area (TPSA) is 91.6 Å². The molecule has 1 saturated heterocycles. The third-order valence-corrected chi connectivity index (χ3v) is 5.72. The van der Waals surface area contributed by atoms with Gasteiger partial charge in [-0.2, -0.15) is 0 Å². The number of carbonyl (C=O) groups is 2. The van der Waals surface area contributed by atoms with Gasteiger partial charge in [-0.3, -0.25) is 9.59 Å². The van der Waals surface area contributed by atoms with Crippen molar-refractivity contribution in [2.24, 2.45) is 0 Å². The van der Waals surface area contributed by atoms with Crippen molar-refractivity contribution >= 4 is 46.8 Å². The van der Waals surface area contributed by atoms with Crippen LogP contribution in [0.4, 0.5) is 11.6 Å². The Labute approximate surface area is 172 Å². The van der Waals surface area contributed by atoms with E-state index in [1.807, 2.05) is 17.0 Å². The van der Waals surface area contributed by atoms with E-state index in [1.54, 1.807) is 26.1 Å². The van der Waals surface area contributed by atoms with Gasteiger partial charge >= 0.3 is 0 Å². The molecule has 0 saturated carbocycles. The molecule has 1 aliphatic rings. The molecule has 1 unspecified atom stereocenters. The molecule has 0 radical (unpaired) electrons. The predicted octanol–water partition coefficient (Wildman–Crippen LogP) is 2.44. The van der Waals surface area contributed by atoms with Gasteiger partial charge in [-0.15, -0.1) is 11.8 Å². The minimum absolute atomic E-state index is 0.0330. The Kier molecular flexibility index (Phi) is 6.79. The van der Waals surface area contributed by atoms with Crippen molar-refractivity contribution in [3.8, 4) is 0 Å². The molecule has 2 aromatic heterocycles. The molecule has 8 nitrogen and oxygen atoms in total. The van der Waals surface area contributed by atoms with E-state index in [0.717, 1.165) is 5.82 Å². The number of aromatic nitrogens is 2. The van der Waals surface area contributed by atoms with Crippen molar-refractivity contribution in [3.63, 3.8) is 0 Å². The van der Waals surface area contributed by atoms with Crippen LogP contribution >= 0.6 is 23.4 Å². The van der Waals surface area contributed by atoms with Crippen LogP contribution in [0, 0.1) is 6.92 Å². The summed E-state index contributed by atoms with van der Waals surface area (Å²) in [5.74, 6) is 1.95. The molecule has 3 heterocycles. The third-order valence-electron chi connectivity index (χ3n) is 4.37. The van der Waals surface area contributed by atoms with Gasteiger partial charge in [-0.05, 0) is 26.0 Å². The first-order chi connectivity index (χ1) is 13.4. The lowest BCUT2D eigenvalue weighted by Crippen LogP contribution is -2.49. The van der Waals surface area contributed by atoms with Crippen molar-refractivity contribution in [2.75, 3.05) is 42.1 Å². The number of carbonyl (C=O) groups excluding carboxylic acids is 2. The van der Waals surface area contributed by atoms with Crippen LogP contribution in [0.3, 0.4) is 0 Å². The fourth-order valence-electron chi connectivity index (χ4n) is 2.76. The summed E-state index contributed by atoms with van der Waals surface area (Å²) < 4.78 is 4.92. The average molecular weight is 424 g/mol. The van der Waals surface area contributed by atoms with E-state index in [-0.39, 0.29) is 22.8 Å².